The summed E-state index contributed by atoms with van der Waals surface area (Å²) in [4.78, 5) is 11.6. The van der Waals surface area contributed by atoms with Gasteiger partial charge in [-0.25, -0.2) is 0 Å². The summed E-state index contributed by atoms with van der Waals surface area (Å²) in [6.07, 6.45) is 0.0519. The van der Waals surface area contributed by atoms with Crippen molar-refractivity contribution < 1.29 is 9.90 Å². The number of hydrogen-bond donors (Lipinski definition) is 2. The summed E-state index contributed by atoms with van der Waals surface area (Å²) in [7, 11) is 0. The molecule has 1 rings (SSSR count). The zero-order chi connectivity index (χ0) is 11.3. The van der Waals surface area contributed by atoms with E-state index in [2.05, 4.69) is 22.7 Å². The lowest BCUT2D eigenvalue weighted by molar-refractivity contribution is -0.139. The van der Waals surface area contributed by atoms with E-state index in [0.29, 0.717) is 0 Å². The molecule has 1 N–H and O–H groups in total. The van der Waals surface area contributed by atoms with E-state index < -0.39 is 10.8 Å². The van der Waals surface area contributed by atoms with Gasteiger partial charge in [0, 0.05) is 11.3 Å². The van der Waals surface area contributed by atoms with Gasteiger partial charge < -0.3 is 5.11 Å². The van der Waals surface area contributed by atoms with Crippen LogP contribution in [0.1, 0.15) is 5.56 Å². The third-order valence-electron chi connectivity index (χ3n) is 1.85. The third kappa shape index (κ3) is 2.90. The Labute approximate surface area is 91.8 Å². The van der Waals surface area contributed by atoms with E-state index in [4.69, 9.17) is 10.6 Å². The second-order valence-electron chi connectivity index (χ2n) is 2.97. The van der Waals surface area contributed by atoms with Crippen molar-refractivity contribution in [1.29, 1.82) is 0 Å². The van der Waals surface area contributed by atoms with E-state index in [0.717, 1.165) is 5.56 Å². The summed E-state index contributed by atoms with van der Waals surface area (Å²) in [6, 6.07) is 8.88. The number of carbonyl (C=O) groups is 1. The summed E-state index contributed by atoms with van der Waals surface area (Å²) in [5.41, 5.74) is 9.03. The summed E-state index contributed by atoms with van der Waals surface area (Å²) in [5.74, 6) is -1.26. The minimum Gasteiger partial charge on any atom is -0.480 e. The maximum absolute atomic E-state index is 10.9. The smallest absolute Gasteiger partial charge is 0.325 e. The quantitative estimate of drug-likeness (QED) is 0.355. The average Bonchev–Trinajstić information content (AvgIpc) is 2.19. The summed E-state index contributed by atoms with van der Waals surface area (Å²) in [5, 5.41) is 12.1. The molecule has 0 aliphatic carbocycles. The molecule has 0 fully saturated rings. The molecule has 0 saturated carbocycles. The largest absolute Gasteiger partial charge is 0.480 e. The van der Waals surface area contributed by atoms with Crippen LogP contribution in [0.2, 0.25) is 0 Å². The number of azide groups is 1. The van der Waals surface area contributed by atoms with E-state index >= 15 is 0 Å². The Balaban J connectivity index is 2.95. The van der Waals surface area contributed by atoms with Gasteiger partial charge in [-0.15, -0.1) is 0 Å². The molecular formula is C9H9N3O2S. The number of thiol groups is 1. The first-order valence-corrected chi connectivity index (χ1v) is 4.59. The molecule has 0 amide bonds. The van der Waals surface area contributed by atoms with Crippen molar-refractivity contribution >= 4 is 18.6 Å². The number of rotatable bonds is 4. The van der Waals surface area contributed by atoms with Crippen molar-refractivity contribution in [3.05, 3.63) is 46.3 Å². The molecule has 1 aromatic rings. The van der Waals surface area contributed by atoms with Crippen LogP contribution in [0.5, 0.6) is 0 Å². The van der Waals surface area contributed by atoms with Gasteiger partial charge in [0.25, 0.3) is 0 Å². The van der Waals surface area contributed by atoms with Crippen LogP contribution in [-0.2, 0) is 11.2 Å². The van der Waals surface area contributed by atoms with Gasteiger partial charge >= 0.3 is 5.97 Å². The molecule has 6 heteroatoms. The van der Waals surface area contributed by atoms with Crippen LogP contribution >= 0.6 is 12.6 Å². The van der Waals surface area contributed by atoms with Crippen molar-refractivity contribution in [3.8, 4) is 0 Å². The number of aliphatic carboxylic acids is 1. The fourth-order valence-corrected chi connectivity index (χ4v) is 1.33. The molecule has 0 aromatic heterocycles. The number of carboxylic acids is 1. The zero-order valence-corrected chi connectivity index (χ0v) is 8.63. The van der Waals surface area contributed by atoms with Gasteiger partial charge in [0.05, 0.1) is 0 Å². The minimum atomic E-state index is -1.73. The fourth-order valence-electron chi connectivity index (χ4n) is 1.11. The second-order valence-corrected chi connectivity index (χ2v) is 3.71. The molecule has 1 atom stereocenters. The lowest BCUT2D eigenvalue weighted by Gasteiger charge is -2.17. The lowest BCUT2D eigenvalue weighted by Crippen LogP contribution is -2.32. The van der Waals surface area contributed by atoms with Crippen molar-refractivity contribution in [2.75, 3.05) is 0 Å². The van der Waals surface area contributed by atoms with Gasteiger partial charge in [-0.1, -0.05) is 35.4 Å². The number of benzene rings is 1. The zero-order valence-electron chi connectivity index (χ0n) is 7.74. The van der Waals surface area contributed by atoms with E-state index in [-0.39, 0.29) is 6.42 Å². The lowest BCUT2D eigenvalue weighted by atomic mass is 10.1. The van der Waals surface area contributed by atoms with E-state index in [1.54, 1.807) is 24.3 Å². The predicted octanol–water partition coefficient (Wildman–Crippen LogP) is 2.25. The molecule has 1 aromatic carbocycles. The number of hydrogen-bond acceptors (Lipinski definition) is 3. The van der Waals surface area contributed by atoms with Crippen LogP contribution in [0.15, 0.2) is 35.4 Å². The second kappa shape index (κ2) is 4.72. The van der Waals surface area contributed by atoms with Gasteiger partial charge in [0.1, 0.15) is 0 Å². The standard InChI is InChI=1S/C9H9N3O2S/c10-12-11-9(15,8(13)14)6-7-4-2-1-3-5-7/h1-5,15H,6H2,(H,13,14). The minimum absolute atomic E-state index is 0.0519. The molecular weight excluding hydrogens is 214 g/mol. The monoisotopic (exact) mass is 223 g/mol. The molecule has 0 aliphatic rings. The van der Waals surface area contributed by atoms with Crippen molar-refractivity contribution in [3.63, 3.8) is 0 Å². The molecule has 15 heavy (non-hydrogen) atoms. The Morgan fingerprint density at radius 2 is 2.13 bits per heavy atom. The molecule has 0 heterocycles. The average molecular weight is 223 g/mol. The highest BCUT2D eigenvalue weighted by Crippen LogP contribution is 2.23. The highest BCUT2D eigenvalue weighted by molar-refractivity contribution is 7.82. The van der Waals surface area contributed by atoms with Crippen LogP contribution in [0.4, 0.5) is 0 Å². The van der Waals surface area contributed by atoms with Gasteiger partial charge in [0.15, 0.2) is 4.87 Å². The van der Waals surface area contributed by atoms with Gasteiger partial charge in [-0.3, -0.25) is 4.79 Å². The van der Waals surface area contributed by atoms with E-state index in [9.17, 15) is 4.79 Å². The van der Waals surface area contributed by atoms with Crippen molar-refractivity contribution in [2.45, 2.75) is 11.3 Å². The fraction of sp³-hybridized carbons (Fsp3) is 0.222. The maximum Gasteiger partial charge on any atom is 0.325 e. The first kappa shape index (κ1) is 11.4. The molecule has 0 aliphatic heterocycles. The Hall–Kier alpha value is -1.65. The van der Waals surface area contributed by atoms with E-state index in [1.165, 1.54) is 0 Å². The van der Waals surface area contributed by atoms with Gasteiger partial charge in [-0.2, -0.15) is 12.6 Å². The maximum atomic E-state index is 10.9. The van der Waals surface area contributed by atoms with Crippen LogP contribution < -0.4 is 0 Å². The van der Waals surface area contributed by atoms with Crippen LogP contribution in [0.3, 0.4) is 0 Å². The van der Waals surface area contributed by atoms with Crippen LogP contribution in [0, 0.1) is 0 Å². The SMILES string of the molecule is [N-]=[N+]=NC(S)(Cc1ccccc1)C(=O)O. The normalized spacial score (nSPS) is 13.7. The highest BCUT2D eigenvalue weighted by Gasteiger charge is 2.33. The molecule has 5 nitrogen and oxygen atoms in total. The Morgan fingerprint density at radius 1 is 1.53 bits per heavy atom. The first-order valence-electron chi connectivity index (χ1n) is 4.14. The predicted molar refractivity (Wildman–Crippen MR) is 58.6 cm³/mol. The number of nitrogens with zero attached hydrogens (tertiary/aromatic N) is 3. The third-order valence-corrected chi connectivity index (χ3v) is 2.28. The van der Waals surface area contributed by atoms with E-state index in [1.807, 2.05) is 6.07 Å². The van der Waals surface area contributed by atoms with Gasteiger partial charge in [-0.05, 0) is 11.1 Å². The Morgan fingerprint density at radius 3 is 2.60 bits per heavy atom. The molecule has 1 unspecified atom stereocenters. The van der Waals surface area contributed by atoms with Gasteiger partial charge in [0.2, 0.25) is 0 Å². The Bertz CT molecular complexity index is 399. The molecule has 78 valence electrons. The van der Waals surface area contributed by atoms with Crippen molar-refractivity contribution in [1.82, 2.24) is 0 Å². The molecule has 0 bridgehead atoms. The van der Waals surface area contributed by atoms with Crippen LogP contribution in [-0.4, -0.2) is 15.9 Å². The molecule has 0 spiro atoms. The summed E-state index contributed by atoms with van der Waals surface area (Å²) in [6.45, 7) is 0. The topological polar surface area (TPSA) is 86.1 Å². The van der Waals surface area contributed by atoms with Crippen LogP contribution in [0.25, 0.3) is 10.4 Å². The highest BCUT2D eigenvalue weighted by atomic mass is 32.1. The molecule has 0 radical (unpaired) electrons. The summed E-state index contributed by atoms with van der Waals surface area (Å²) >= 11 is 3.89. The molecule has 0 saturated heterocycles. The first-order chi connectivity index (χ1) is 7.08. The Kier molecular flexibility index (Phi) is 3.60. The summed E-state index contributed by atoms with van der Waals surface area (Å²) < 4.78 is 0. The number of carboxylic acid groups (broad SMARTS) is 1. The van der Waals surface area contributed by atoms with Crippen molar-refractivity contribution in [2.24, 2.45) is 5.11 Å².